The Bertz CT molecular complexity index is 2100. The van der Waals surface area contributed by atoms with Gasteiger partial charge in [-0.25, -0.2) is 19.6 Å². The van der Waals surface area contributed by atoms with Gasteiger partial charge in [0.05, 0.1) is 50.6 Å². The maximum Gasteiger partial charge on any atom is 0.407 e. The zero-order valence-corrected chi connectivity index (χ0v) is 33.1. The molecule has 308 valence electrons. The number of aromatic nitrogens is 4. The monoisotopic (exact) mass is 794 g/mol. The van der Waals surface area contributed by atoms with E-state index in [1.54, 1.807) is 22.2 Å². The number of aromatic amines is 2. The zero-order chi connectivity index (χ0) is 40.6. The molecule has 15 nitrogen and oxygen atoms in total. The normalized spacial score (nSPS) is 17.4. The fourth-order valence-electron chi connectivity index (χ4n) is 7.03. The van der Waals surface area contributed by atoms with Gasteiger partial charge < -0.3 is 44.6 Å². The summed E-state index contributed by atoms with van der Waals surface area (Å²) in [6.45, 7) is 9.04. The van der Waals surface area contributed by atoms with Crippen LogP contribution in [0.2, 0.25) is 0 Å². The number of nitrogens with one attached hydrogen (secondary N) is 4. The number of nitrogens with zero attached hydrogens (tertiary/aromatic N) is 4. The molecule has 4 heterocycles. The minimum atomic E-state index is -0.774. The first kappa shape index (κ1) is 43.0. The molecule has 0 aliphatic carbocycles. The molecule has 2 saturated heterocycles. The summed E-state index contributed by atoms with van der Waals surface area (Å²) in [4.78, 5) is 70.3. The molecular formula is C43H54N8O7. The number of imidazole rings is 2. The Morgan fingerprint density at radius 3 is 1.69 bits per heavy atom. The van der Waals surface area contributed by atoms with E-state index in [4.69, 9.17) is 14.2 Å². The molecule has 2 aliphatic heterocycles. The molecule has 0 radical (unpaired) electrons. The summed E-state index contributed by atoms with van der Waals surface area (Å²) in [7, 11) is 2.55. The topological polar surface area (TPSA) is 184 Å². The van der Waals surface area contributed by atoms with E-state index in [2.05, 4.69) is 42.4 Å². The van der Waals surface area contributed by atoms with E-state index in [-0.39, 0.29) is 37.1 Å². The maximum atomic E-state index is 13.6. The molecule has 2 fully saturated rings. The van der Waals surface area contributed by atoms with Crippen molar-refractivity contribution in [3.05, 3.63) is 83.7 Å². The van der Waals surface area contributed by atoms with Crippen molar-refractivity contribution >= 4 is 24.0 Å². The van der Waals surface area contributed by atoms with E-state index in [1.807, 2.05) is 76.2 Å². The second kappa shape index (κ2) is 19.3. The fourth-order valence-corrected chi connectivity index (χ4v) is 7.03. The quantitative estimate of drug-likeness (QED) is 0.136. The Morgan fingerprint density at radius 1 is 0.724 bits per heavy atom. The van der Waals surface area contributed by atoms with Crippen LogP contribution in [0.3, 0.4) is 0 Å². The summed E-state index contributed by atoms with van der Waals surface area (Å²) in [5, 5.41) is 5.33. The number of methoxy groups -OCH3 is 2. The standard InChI is InChI=1S/C42H50N8O7.CH4/c1-25(2)34(47-41(53)55-5)38(51)49-20-7-9-33(49)36-43-23-31(45-36)29-16-12-27(13-17-29)10-11-28-14-18-30(19-15-28)32-24-44-37(46-32)40-50(21-8-22-57-40)39(52)35(26(3)4)48-42(54)56-6;/h12-19,23-26,33-35,40H,7-9,20-22H2,1-6H3,(H,43,45)(H,44,46)(H,47,53)(H,48,54);1H4/t33-,34-,35-,40-;/m0./s1. The lowest BCUT2D eigenvalue weighted by atomic mass is 10.0. The molecule has 58 heavy (non-hydrogen) atoms. The number of amides is 4. The van der Waals surface area contributed by atoms with Crippen molar-refractivity contribution in [3.63, 3.8) is 0 Å². The number of carbonyl (C=O) groups excluding carboxylic acids is 4. The fraction of sp³-hybridized carbons (Fsp3) is 0.442. The van der Waals surface area contributed by atoms with Crippen molar-refractivity contribution in [1.29, 1.82) is 0 Å². The van der Waals surface area contributed by atoms with Gasteiger partial charge in [0.2, 0.25) is 11.8 Å². The van der Waals surface area contributed by atoms with Crippen molar-refractivity contribution in [3.8, 4) is 34.4 Å². The molecule has 0 spiro atoms. The third-order valence-electron chi connectivity index (χ3n) is 10.2. The number of likely N-dealkylation sites (tertiary alicyclic amines) is 1. The van der Waals surface area contributed by atoms with Crippen molar-refractivity contribution < 1.29 is 33.4 Å². The number of benzene rings is 2. The predicted octanol–water partition coefficient (Wildman–Crippen LogP) is 6.17. The first-order valence-electron chi connectivity index (χ1n) is 19.2. The molecule has 4 aromatic rings. The van der Waals surface area contributed by atoms with Gasteiger partial charge in [-0.15, -0.1) is 0 Å². The van der Waals surface area contributed by atoms with Gasteiger partial charge in [0.1, 0.15) is 17.9 Å². The van der Waals surface area contributed by atoms with Gasteiger partial charge in [-0.1, -0.05) is 71.2 Å². The maximum absolute atomic E-state index is 13.6. The van der Waals surface area contributed by atoms with Crippen LogP contribution in [0.5, 0.6) is 0 Å². The summed E-state index contributed by atoms with van der Waals surface area (Å²) in [5.41, 5.74) is 5.11. The highest BCUT2D eigenvalue weighted by Gasteiger charge is 2.38. The van der Waals surface area contributed by atoms with Gasteiger partial charge in [-0.3, -0.25) is 9.59 Å². The molecule has 2 aromatic heterocycles. The van der Waals surface area contributed by atoms with Crippen LogP contribution in [-0.2, 0) is 23.8 Å². The Balaban J connectivity index is 0.00000641. The molecule has 2 aliphatic rings. The van der Waals surface area contributed by atoms with Crippen LogP contribution in [0.4, 0.5) is 9.59 Å². The van der Waals surface area contributed by atoms with E-state index in [1.165, 1.54) is 14.2 Å². The Kier molecular flexibility index (Phi) is 14.3. The van der Waals surface area contributed by atoms with E-state index in [0.29, 0.717) is 37.8 Å². The van der Waals surface area contributed by atoms with Crippen molar-refractivity contribution in [2.75, 3.05) is 33.9 Å². The molecule has 4 atom stereocenters. The Morgan fingerprint density at radius 2 is 1.19 bits per heavy atom. The van der Waals surface area contributed by atoms with E-state index < -0.39 is 30.5 Å². The van der Waals surface area contributed by atoms with Crippen LogP contribution < -0.4 is 10.6 Å². The molecule has 15 heteroatoms. The number of carbonyl (C=O) groups is 4. The highest BCUT2D eigenvalue weighted by Crippen LogP contribution is 2.33. The number of hydrogen-bond acceptors (Lipinski definition) is 9. The summed E-state index contributed by atoms with van der Waals surface area (Å²) in [6, 6.07) is 14.0. The lowest BCUT2D eigenvalue weighted by Gasteiger charge is -2.37. The number of rotatable bonds is 10. The SMILES string of the molecule is C.COC(=O)N[C@H](C(=O)N1CCC[C@H]1c1ncc(-c2ccc(C#Cc3ccc(-c4cnc([C@@H]5OCCCN5C(=O)[C@@H](NC(=O)OC)C(C)C)[nH]4)cc3)cc2)[nH]1)C(C)C. The van der Waals surface area contributed by atoms with Gasteiger partial charge >= 0.3 is 12.2 Å². The predicted molar refractivity (Wildman–Crippen MR) is 218 cm³/mol. The smallest absolute Gasteiger partial charge is 0.407 e. The number of ether oxygens (including phenoxy) is 3. The average molecular weight is 795 g/mol. The Labute approximate surface area is 339 Å². The molecule has 2 aromatic carbocycles. The van der Waals surface area contributed by atoms with Gasteiger partial charge in [-0.2, -0.15) is 0 Å². The van der Waals surface area contributed by atoms with Crippen LogP contribution in [0.25, 0.3) is 22.5 Å². The Hall–Kier alpha value is -6.14. The second-order valence-electron chi connectivity index (χ2n) is 14.8. The van der Waals surface area contributed by atoms with Crippen molar-refractivity contribution in [1.82, 2.24) is 40.4 Å². The van der Waals surface area contributed by atoms with Gasteiger partial charge in [0.25, 0.3) is 0 Å². The van der Waals surface area contributed by atoms with Gasteiger partial charge in [-0.05, 0) is 66.5 Å². The molecule has 0 unspecified atom stereocenters. The van der Waals surface area contributed by atoms with Crippen LogP contribution in [0.1, 0.15) is 89.4 Å². The molecule has 0 bridgehead atoms. The lowest BCUT2D eigenvalue weighted by Crippen LogP contribution is -2.54. The molecule has 6 rings (SSSR count). The first-order chi connectivity index (χ1) is 27.5. The third-order valence-corrected chi connectivity index (χ3v) is 10.2. The van der Waals surface area contributed by atoms with Crippen LogP contribution in [-0.4, -0.2) is 99.7 Å². The lowest BCUT2D eigenvalue weighted by molar-refractivity contribution is -0.160. The number of alkyl carbamates (subject to hydrolysis) is 2. The summed E-state index contributed by atoms with van der Waals surface area (Å²) in [6.07, 6.45) is 3.75. The second-order valence-corrected chi connectivity index (χ2v) is 14.8. The zero-order valence-electron chi connectivity index (χ0n) is 33.1. The number of hydrogen-bond donors (Lipinski definition) is 4. The van der Waals surface area contributed by atoms with Crippen LogP contribution >= 0.6 is 0 Å². The highest BCUT2D eigenvalue weighted by molar-refractivity contribution is 5.87. The van der Waals surface area contributed by atoms with Crippen molar-refractivity contribution in [2.45, 2.75) is 78.7 Å². The summed E-state index contributed by atoms with van der Waals surface area (Å²) >= 11 is 0. The molecular weight excluding hydrogens is 741 g/mol. The van der Waals surface area contributed by atoms with Crippen LogP contribution in [0.15, 0.2) is 60.9 Å². The molecule has 4 N–H and O–H groups in total. The summed E-state index contributed by atoms with van der Waals surface area (Å²) < 4.78 is 15.5. The average Bonchev–Trinajstić information content (AvgIpc) is 4.03. The minimum Gasteiger partial charge on any atom is -0.453 e. The molecule has 0 saturated carbocycles. The van der Waals surface area contributed by atoms with E-state index >= 15 is 0 Å². The van der Waals surface area contributed by atoms with Crippen LogP contribution in [0, 0.1) is 23.7 Å². The third kappa shape index (κ3) is 9.86. The summed E-state index contributed by atoms with van der Waals surface area (Å²) in [5.74, 6) is 6.98. The van der Waals surface area contributed by atoms with Gasteiger partial charge in [0.15, 0.2) is 12.1 Å². The molecule has 4 amide bonds. The number of H-pyrrole nitrogens is 2. The van der Waals surface area contributed by atoms with Gasteiger partial charge in [0, 0.05) is 24.2 Å². The first-order valence-corrected chi connectivity index (χ1v) is 19.2. The minimum absolute atomic E-state index is 0. The van der Waals surface area contributed by atoms with E-state index in [0.717, 1.165) is 46.5 Å². The van der Waals surface area contributed by atoms with E-state index in [9.17, 15) is 19.2 Å². The largest absolute Gasteiger partial charge is 0.453 e. The highest BCUT2D eigenvalue weighted by atomic mass is 16.5. The van der Waals surface area contributed by atoms with Crippen molar-refractivity contribution in [2.24, 2.45) is 11.8 Å².